The second-order valence-corrected chi connectivity index (χ2v) is 7.13. The molecule has 170 valence electrons. The monoisotopic (exact) mass is 465 g/mol. The number of tetrazole rings is 1. The van der Waals surface area contributed by atoms with E-state index in [1.807, 2.05) is 0 Å². The molecule has 33 heavy (non-hydrogen) atoms. The Hall–Kier alpha value is -3.83. The van der Waals surface area contributed by atoms with Gasteiger partial charge in [-0.2, -0.15) is 26.3 Å². The summed E-state index contributed by atoms with van der Waals surface area (Å²) in [6.45, 7) is 0. The maximum Gasteiger partial charge on any atom is 0.418 e. The largest absolute Gasteiger partial charge is 0.418 e. The van der Waals surface area contributed by atoms with Gasteiger partial charge in [-0.1, -0.05) is 12.1 Å². The second-order valence-electron chi connectivity index (χ2n) is 7.13. The molecule has 4 aromatic rings. The molecule has 0 unspecified atom stereocenters. The van der Waals surface area contributed by atoms with E-state index in [9.17, 15) is 31.1 Å². The third kappa shape index (κ3) is 4.69. The number of alkyl halides is 6. The van der Waals surface area contributed by atoms with E-state index in [1.54, 1.807) is 0 Å². The number of pyridine rings is 2. The topological polar surface area (TPSA) is 73.0 Å². The number of benzene rings is 1. The van der Waals surface area contributed by atoms with E-state index < -0.39 is 47.3 Å². The maximum absolute atomic E-state index is 13.6. The number of nitrogens with zero attached hydrogens (tertiary/aromatic N) is 5. The number of halogens is 6. The Morgan fingerprint density at radius 2 is 1.70 bits per heavy atom. The quantitative estimate of drug-likeness (QED) is 0.308. The minimum absolute atomic E-state index is 0.0887. The van der Waals surface area contributed by atoms with Gasteiger partial charge in [0.15, 0.2) is 11.4 Å². The molecule has 0 radical (unpaired) electrons. The molecule has 3 heterocycles. The van der Waals surface area contributed by atoms with Crippen molar-refractivity contribution in [2.24, 2.45) is 0 Å². The van der Waals surface area contributed by atoms with Crippen molar-refractivity contribution in [3.05, 3.63) is 88.9 Å². The summed E-state index contributed by atoms with van der Waals surface area (Å²) in [6, 6.07) is 8.33. The van der Waals surface area contributed by atoms with Crippen LogP contribution in [0.15, 0.2) is 60.9 Å². The van der Waals surface area contributed by atoms with E-state index in [2.05, 4.69) is 20.5 Å². The summed E-state index contributed by atoms with van der Waals surface area (Å²) in [5.74, 6) is -1.80. The Labute approximate surface area is 181 Å². The summed E-state index contributed by atoms with van der Waals surface area (Å²) in [6.07, 6.45) is -7.31. The molecular weight excluding hydrogens is 452 g/mol. The average molecular weight is 465 g/mol. The summed E-state index contributed by atoms with van der Waals surface area (Å²) < 4.78 is 81.1. The number of carbonyl (C=O) groups excluding carboxylic acids is 1. The van der Waals surface area contributed by atoms with Gasteiger partial charge in [0.2, 0.25) is 0 Å². The first-order valence-electron chi connectivity index (χ1n) is 9.44. The fraction of sp³-hybridized carbons (Fsp3) is 0.190. The van der Waals surface area contributed by atoms with Crippen molar-refractivity contribution >= 4 is 11.4 Å². The van der Waals surface area contributed by atoms with E-state index in [-0.39, 0.29) is 16.8 Å². The number of carbonyl (C=O) groups is 1. The van der Waals surface area contributed by atoms with Crippen molar-refractivity contribution in [1.82, 2.24) is 25.0 Å². The standard InChI is InChI=1S/C21H13F6N5O/c22-20(23,24)14-5-3-12(4-6-14)15(19-16(21(25,26)27)2-1-8-28-19)11-17(33)13-7-9-32-18(10-13)29-30-31-32/h1-10,15H,11H2/t15-/m0/s1. The maximum atomic E-state index is 13.6. The molecule has 0 aliphatic rings. The summed E-state index contributed by atoms with van der Waals surface area (Å²) in [7, 11) is 0. The predicted molar refractivity (Wildman–Crippen MR) is 102 cm³/mol. The molecule has 0 amide bonds. The van der Waals surface area contributed by atoms with Crippen LogP contribution in [0.3, 0.4) is 0 Å². The van der Waals surface area contributed by atoms with Gasteiger partial charge in [-0.3, -0.25) is 9.78 Å². The minimum atomic E-state index is -4.77. The molecule has 0 bridgehead atoms. The molecule has 6 nitrogen and oxygen atoms in total. The number of hydrogen-bond acceptors (Lipinski definition) is 5. The lowest BCUT2D eigenvalue weighted by Gasteiger charge is -2.21. The normalized spacial score (nSPS) is 13.3. The van der Waals surface area contributed by atoms with Crippen LogP contribution < -0.4 is 0 Å². The summed E-state index contributed by atoms with van der Waals surface area (Å²) in [5, 5.41) is 10.8. The van der Waals surface area contributed by atoms with Crippen LogP contribution in [-0.2, 0) is 12.4 Å². The predicted octanol–water partition coefficient (Wildman–Crippen LogP) is 4.96. The Bertz CT molecular complexity index is 1300. The van der Waals surface area contributed by atoms with Gasteiger partial charge in [0.25, 0.3) is 0 Å². The van der Waals surface area contributed by atoms with E-state index in [1.165, 1.54) is 22.8 Å². The lowest BCUT2D eigenvalue weighted by molar-refractivity contribution is -0.139. The smallest absolute Gasteiger partial charge is 0.294 e. The van der Waals surface area contributed by atoms with E-state index in [0.717, 1.165) is 42.6 Å². The van der Waals surface area contributed by atoms with Crippen LogP contribution in [0.5, 0.6) is 0 Å². The Balaban J connectivity index is 1.77. The van der Waals surface area contributed by atoms with Gasteiger partial charge in [-0.05, 0) is 52.4 Å². The SMILES string of the molecule is O=C(C[C@@H](c1ccc(C(F)(F)F)cc1)c1ncccc1C(F)(F)F)c1ccn2nnnc2c1. The first-order valence-corrected chi connectivity index (χ1v) is 9.44. The zero-order chi connectivity index (χ0) is 23.8. The van der Waals surface area contributed by atoms with Crippen molar-refractivity contribution in [3.63, 3.8) is 0 Å². The van der Waals surface area contributed by atoms with Gasteiger partial charge < -0.3 is 0 Å². The van der Waals surface area contributed by atoms with Crippen LogP contribution in [0.2, 0.25) is 0 Å². The molecule has 3 aromatic heterocycles. The van der Waals surface area contributed by atoms with Crippen LogP contribution in [0.4, 0.5) is 26.3 Å². The number of fused-ring (bicyclic) bond motifs is 1. The van der Waals surface area contributed by atoms with Gasteiger partial charge in [-0.15, -0.1) is 5.10 Å². The van der Waals surface area contributed by atoms with E-state index in [0.29, 0.717) is 0 Å². The Kier molecular flexibility index (Phi) is 5.60. The molecule has 0 fully saturated rings. The summed E-state index contributed by atoms with van der Waals surface area (Å²) >= 11 is 0. The van der Waals surface area contributed by atoms with Crippen molar-refractivity contribution in [2.75, 3.05) is 0 Å². The van der Waals surface area contributed by atoms with E-state index >= 15 is 0 Å². The average Bonchev–Trinajstić information content (AvgIpc) is 3.24. The molecular formula is C21H13F6N5O. The lowest BCUT2D eigenvalue weighted by Crippen LogP contribution is -2.17. The molecule has 0 N–H and O–H groups in total. The van der Waals surface area contributed by atoms with Gasteiger partial charge in [0.1, 0.15) is 0 Å². The third-order valence-corrected chi connectivity index (χ3v) is 5.02. The van der Waals surface area contributed by atoms with Crippen LogP contribution in [-0.4, -0.2) is 30.8 Å². The van der Waals surface area contributed by atoms with Crippen molar-refractivity contribution in [3.8, 4) is 0 Å². The van der Waals surface area contributed by atoms with Gasteiger partial charge in [0.05, 0.1) is 16.8 Å². The van der Waals surface area contributed by atoms with E-state index in [4.69, 9.17) is 0 Å². The Morgan fingerprint density at radius 1 is 0.970 bits per heavy atom. The fourth-order valence-corrected chi connectivity index (χ4v) is 3.43. The van der Waals surface area contributed by atoms with Crippen LogP contribution in [0.25, 0.3) is 5.65 Å². The highest BCUT2D eigenvalue weighted by atomic mass is 19.4. The first-order chi connectivity index (χ1) is 15.5. The van der Waals surface area contributed by atoms with Crippen molar-refractivity contribution in [2.45, 2.75) is 24.7 Å². The Morgan fingerprint density at radius 3 is 2.36 bits per heavy atom. The molecule has 0 saturated heterocycles. The molecule has 4 rings (SSSR count). The van der Waals surface area contributed by atoms with Gasteiger partial charge in [-0.25, -0.2) is 4.52 Å². The highest BCUT2D eigenvalue weighted by Gasteiger charge is 2.37. The highest BCUT2D eigenvalue weighted by Crippen LogP contribution is 2.39. The summed E-state index contributed by atoms with van der Waals surface area (Å²) in [4.78, 5) is 16.8. The number of rotatable bonds is 5. The van der Waals surface area contributed by atoms with Crippen molar-refractivity contribution in [1.29, 1.82) is 0 Å². The van der Waals surface area contributed by atoms with Crippen molar-refractivity contribution < 1.29 is 31.1 Å². The van der Waals surface area contributed by atoms with Crippen LogP contribution >= 0.6 is 0 Å². The molecule has 1 atom stereocenters. The minimum Gasteiger partial charge on any atom is -0.294 e. The third-order valence-electron chi connectivity index (χ3n) is 5.02. The zero-order valence-electron chi connectivity index (χ0n) is 16.5. The molecule has 0 spiro atoms. The molecule has 0 saturated carbocycles. The highest BCUT2D eigenvalue weighted by molar-refractivity contribution is 5.97. The zero-order valence-corrected chi connectivity index (χ0v) is 16.5. The first kappa shape index (κ1) is 22.4. The fourth-order valence-electron chi connectivity index (χ4n) is 3.43. The molecule has 1 aromatic carbocycles. The molecule has 0 aliphatic carbocycles. The van der Waals surface area contributed by atoms with Crippen LogP contribution in [0.1, 0.15) is 45.1 Å². The number of Topliss-reactive ketones (excluding diaryl/α,β-unsaturated/α-hetero) is 1. The van der Waals surface area contributed by atoms with Gasteiger partial charge in [0, 0.05) is 30.3 Å². The number of aromatic nitrogens is 5. The number of ketones is 1. The molecule has 12 heteroatoms. The van der Waals surface area contributed by atoms with Gasteiger partial charge >= 0.3 is 12.4 Å². The summed E-state index contributed by atoms with van der Waals surface area (Å²) in [5.41, 5.74) is -2.01. The lowest BCUT2D eigenvalue weighted by atomic mass is 9.86. The molecule has 0 aliphatic heterocycles. The second kappa shape index (κ2) is 8.26. The van der Waals surface area contributed by atoms with Crippen LogP contribution in [0, 0.1) is 0 Å². The number of hydrogen-bond donors (Lipinski definition) is 0.